The van der Waals surface area contributed by atoms with Crippen LogP contribution in [-0.2, 0) is 0 Å². The van der Waals surface area contributed by atoms with Gasteiger partial charge in [-0.25, -0.2) is 8.91 Å². The first kappa shape index (κ1) is 19.3. The van der Waals surface area contributed by atoms with Gasteiger partial charge in [-0.05, 0) is 31.9 Å². The van der Waals surface area contributed by atoms with E-state index in [2.05, 4.69) is 36.2 Å². The summed E-state index contributed by atoms with van der Waals surface area (Å²) in [5.74, 6) is -0.985. The molecule has 5 N–H and O–H groups in total. The number of anilines is 1. The van der Waals surface area contributed by atoms with Crippen LogP contribution in [0, 0.1) is 11.2 Å². The Morgan fingerprint density at radius 2 is 2.00 bits per heavy atom. The normalized spacial score (nSPS) is 23.4. The van der Waals surface area contributed by atoms with Crippen molar-refractivity contribution in [3.63, 3.8) is 0 Å². The number of aromatic nitrogens is 3. The summed E-state index contributed by atoms with van der Waals surface area (Å²) in [5, 5.41) is 7.83. The molecule has 0 radical (unpaired) electrons. The Hall–Kier alpha value is -3.00. The predicted molar refractivity (Wildman–Crippen MR) is 110 cm³/mol. The molecule has 1 saturated carbocycles. The number of halogens is 1. The summed E-state index contributed by atoms with van der Waals surface area (Å²) >= 11 is 0. The molecule has 0 unspecified atom stereocenters. The molecule has 0 aromatic carbocycles. The summed E-state index contributed by atoms with van der Waals surface area (Å²) < 4.78 is 15.3. The van der Waals surface area contributed by atoms with Crippen LogP contribution >= 0.6 is 0 Å². The van der Waals surface area contributed by atoms with Gasteiger partial charge in [0.25, 0.3) is 5.91 Å². The van der Waals surface area contributed by atoms with Gasteiger partial charge in [-0.1, -0.05) is 13.8 Å². The first-order valence-corrected chi connectivity index (χ1v) is 9.58. The molecule has 0 bridgehead atoms. The van der Waals surface area contributed by atoms with E-state index in [1.165, 1.54) is 12.3 Å². The van der Waals surface area contributed by atoms with Crippen LogP contribution in [0.2, 0.25) is 0 Å². The van der Waals surface area contributed by atoms with Crippen LogP contribution < -0.4 is 16.8 Å². The lowest BCUT2D eigenvalue weighted by molar-refractivity contribution is 0.100. The number of nitrogens with two attached hydrogens (primary N) is 2. The number of carbonyl (C=O) groups excluding carboxylic acids is 1. The highest BCUT2D eigenvalue weighted by molar-refractivity contribution is 6.02. The Bertz CT molecular complexity index is 1100. The molecule has 2 atom stereocenters. The SMILES string of the molecule is CC1(C)[C@H](Nc2c(C(N)=O)cnn3cc(-c4cncc(F)c4)cc23)CC[C@]1(C)N. The second kappa shape index (κ2) is 6.52. The van der Waals surface area contributed by atoms with Gasteiger partial charge in [0, 0.05) is 40.5 Å². The first-order valence-electron chi connectivity index (χ1n) is 9.58. The maximum absolute atomic E-state index is 13.6. The van der Waals surface area contributed by atoms with Crippen LogP contribution in [0.25, 0.3) is 16.6 Å². The van der Waals surface area contributed by atoms with Crippen molar-refractivity contribution >= 4 is 17.1 Å². The Balaban J connectivity index is 1.83. The molecule has 3 aromatic rings. The van der Waals surface area contributed by atoms with Crippen molar-refractivity contribution in [3.05, 3.63) is 48.3 Å². The van der Waals surface area contributed by atoms with Crippen LogP contribution in [0.1, 0.15) is 44.0 Å². The summed E-state index contributed by atoms with van der Waals surface area (Å²) in [6.07, 6.45) is 7.70. The number of pyridine rings is 1. The summed E-state index contributed by atoms with van der Waals surface area (Å²) in [4.78, 5) is 16.0. The zero-order valence-electron chi connectivity index (χ0n) is 16.7. The Kier molecular flexibility index (Phi) is 4.34. The van der Waals surface area contributed by atoms with E-state index in [9.17, 15) is 9.18 Å². The standard InChI is InChI=1S/C21H25FN6O/c1-20(2)17(4-5-21(20,3)24)27-18-15(19(23)29)10-26-28-11-13(7-16(18)28)12-6-14(22)9-25-8-12/h6-11,17,27H,4-5,24H2,1-3H3,(H2,23,29)/t17-,21+/m1/s1. The van der Waals surface area contributed by atoms with E-state index >= 15 is 0 Å². The van der Waals surface area contributed by atoms with Crippen LogP contribution in [-0.4, -0.2) is 32.1 Å². The van der Waals surface area contributed by atoms with Gasteiger partial charge in [-0.15, -0.1) is 0 Å². The van der Waals surface area contributed by atoms with Crippen molar-refractivity contribution in [2.24, 2.45) is 16.9 Å². The monoisotopic (exact) mass is 396 g/mol. The van der Waals surface area contributed by atoms with Gasteiger partial charge in [0.15, 0.2) is 0 Å². The maximum Gasteiger partial charge on any atom is 0.252 e. The van der Waals surface area contributed by atoms with Crippen LogP contribution in [0.15, 0.2) is 36.9 Å². The van der Waals surface area contributed by atoms with Gasteiger partial charge in [0.1, 0.15) is 5.82 Å². The van der Waals surface area contributed by atoms with E-state index in [1.54, 1.807) is 16.9 Å². The van der Waals surface area contributed by atoms with Gasteiger partial charge >= 0.3 is 0 Å². The summed E-state index contributed by atoms with van der Waals surface area (Å²) in [6, 6.07) is 3.31. The van der Waals surface area contributed by atoms with Gasteiger partial charge in [-0.3, -0.25) is 9.78 Å². The predicted octanol–water partition coefficient (Wildman–Crippen LogP) is 2.95. The van der Waals surface area contributed by atoms with Gasteiger partial charge in [0.2, 0.25) is 0 Å². The van der Waals surface area contributed by atoms with Crippen molar-refractivity contribution in [1.82, 2.24) is 14.6 Å². The molecule has 1 aliphatic rings. The molecule has 7 nitrogen and oxygen atoms in total. The van der Waals surface area contributed by atoms with Gasteiger partial charge in [-0.2, -0.15) is 5.10 Å². The average Bonchev–Trinajstić information content (AvgIpc) is 3.16. The summed E-state index contributed by atoms with van der Waals surface area (Å²) in [5.41, 5.74) is 14.6. The quantitative estimate of drug-likeness (QED) is 0.628. The Morgan fingerprint density at radius 1 is 1.24 bits per heavy atom. The fourth-order valence-electron chi connectivity index (χ4n) is 4.07. The third kappa shape index (κ3) is 3.13. The van der Waals surface area contributed by atoms with E-state index in [4.69, 9.17) is 11.5 Å². The number of hydrogen-bond acceptors (Lipinski definition) is 5. The molecular weight excluding hydrogens is 371 g/mol. The minimum Gasteiger partial charge on any atom is -0.379 e. The van der Waals surface area contributed by atoms with Gasteiger partial charge < -0.3 is 16.8 Å². The first-order chi connectivity index (χ1) is 13.6. The van der Waals surface area contributed by atoms with Crippen molar-refractivity contribution in [2.75, 3.05) is 5.32 Å². The number of rotatable bonds is 4. The van der Waals surface area contributed by atoms with E-state index in [1.807, 2.05) is 6.07 Å². The zero-order valence-corrected chi connectivity index (χ0v) is 16.7. The fourth-order valence-corrected chi connectivity index (χ4v) is 4.07. The number of amides is 1. The average molecular weight is 396 g/mol. The number of hydrogen-bond donors (Lipinski definition) is 3. The lowest BCUT2D eigenvalue weighted by atomic mass is 9.75. The number of nitrogens with one attached hydrogen (secondary N) is 1. The molecule has 0 spiro atoms. The molecule has 1 aliphatic carbocycles. The highest BCUT2D eigenvalue weighted by atomic mass is 19.1. The number of nitrogens with zero attached hydrogens (tertiary/aromatic N) is 3. The van der Waals surface area contributed by atoms with Crippen molar-refractivity contribution < 1.29 is 9.18 Å². The molecule has 4 rings (SSSR count). The lowest BCUT2D eigenvalue weighted by Crippen LogP contribution is -2.51. The van der Waals surface area contributed by atoms with Crippen molar-refractivity contribution in [2.45, 2.75) is 45.2 Å². The number of fused-ring (bicyclic) bond motifs is 1. The largest absolute Gasteiger partial charge is 0.379 e. The van der Waals surface area contributed by atoms with Crippen LogP contribution in [0.5, 0.6) is 0 Å². The minimum absolute atomic E-state index is 0.0518. The second-order valence-electron chi connectivity index (χ2n) is 8.62. The topological polar surface area (TPSA) is 111 Å². The van der Waals surface area contributed by atoms with Crippen LogP contribution in [0.4, 0.5) is 10.1 Å². The molecule has 0 aliphatic heterocycles. The smallest absolute Gasteiger partial charge is 0.252 e. The molecule has 1 fully saturated rings. The maximum atomic E-state index is 13.6. The number of carbonyl (C=O) groups is 1. The van der Waals surface area contributed by atoms with Crippen molar-refractivity contribution in [1.29, 1.82) is 0 Å². The van der Waals surface area contributed by atoms with Crippen molar-refractivity contribution in [3.8, 4) is 11.1 Å². The molecule has 152 valence electrons. The molecule has 29 heavy (non-hydrogen) atoms. The van der Waals surface area contributed by atoms with E-state index in [0.717, 1.165) is 24.6 Å². The summed E-state index contributed by atoms with van der Waals surface area (Å²) in [6.45, 7) is 6.31. The second-order valence-corrected chi connectivity index (χ2v) is 8.62. The lowest BCUT2D eigenvalue weighted by Gasteiger charge is -2.39. The molecule has 0 saturated heterocycles. The van der Waals surface area contributed by atoms with Gasteiger partial charge in [0.05, 0.1) is 29.2 Å². The fraction of sp³-hybridized carbons (Fsp3) is 0.381. The zero-order chi connectivity index (χ0) is 21.0. The minimum atomic E-state index is -0.566. The third-order valence-corrected chi connectivity index (χ3v) is 6.55. The van der Waals surface area contributed by atoms with Crippen LogP contribution in [0.3, 0.4) is 0 Å². The Morgan fingerprint density at radius 3 is 2.62 bits per heavy atom. The third-order valence-electron chi connectivity index (χ3n) is 6.55. The molecule has 1 amide bonds. The molecule has 3 aromatic heterocycles. The molecule has 8 heteroatoms. The highest BCUT2D eigenvalue weighted by Gasteiger charge is 2.49. The van der Waals surface area contributed by atoms with E-state index < -0.39 is 11.7 Å². The summed E-state index contributed by atoms with van der Waals surface area (Å²) in [7, 11) is 0. The highest BCUT2D eigenvalue weighted by Crippen LogP contribution is 2.46. The molecular formula is C21H25FN6O. The van der Waals surface area contributed by atoms with E-state index in [0.29, 0.717) is 22.3 Å². The Labute approximate surface area is 168 Å². The number of primary amides is 1. The van der Waals surface area contributed by atoms with E-state index in [-0.39, 0.29) is 17.0 Å². The molecule has 3 heterocycles.